The molecule has 0 aliphatic carbocycles. The second-order valence-corrected chi connectivity index (χ2v) is 5.54. The Balaban J connectivity index is 1.84. The van der Waals surface area contributed by atoms with E-state index in [9.17, 15) is 0 Å². The van der Waals surface area contributed by atoms with E-state index in [0.29, 0.717) is 6.04 Å². The monoisotopic (exact) mass is 273 g/mol. The summed E-state index contributed by atoms with van der Waals surface area (Å²) in [5.74, 6) is 0. The first-order valence-corrected chi connectivity index (χ1v) is 7.04. The van der Waals surface area contributed by atoms with E-state index in [1.54, 1.807) is 0 Å². The minimum Gasteiger partial charge on any atom is -0.310 e. The minimum atomic E-state index is 0.446. The third kappa shape index (κ3) is 4.70. The van der Waals surface area contributed by atoms with Gasteiger partial charge in [-0.25, -0.2) is 0 Å². The number of aryl methyl sites for hydroxylation is 1. The van der Waals surface area contributed by atoms with E-state index in [0.717, 1.165) is 18.0 Å². The molecule has 2 rings (SSSR count). The van der Waals surface area contributed by atoms with Crippen molar-refractivity contribution in [1.29, 1.82) is 0 Å². The maximum absolute atomic E-state index is 5.89. The number of hydrogen-bond donors (Lipinski definition) is 1. The van der Waals surface area contributed by atoms with Crippen LogP contribution in [0.4, 0.5) is 0 Å². The molecular weight excluding hydrogens is 254 g/mol. The highest BCUT2D eigenvalue weighted by atomic mass is 35.5. The van der Waals surface area contributed by atoms with E-state index in [-0.39, 0.29) is 0 Å². The van der Waals surface area contributed by atoms with Crippen molar-refractivity contribution in [2.24, 2.45) is 0 Å². The molecule has 0 saturated heterocycles. The summed E-state index contributed by atoms with van der Waals surface area (Å²) >= 11 is 5.89. The van der Waals surface area contributed by atoms with E-state index in [1.807, 2.05) is 12.1 Å². The minimum absolute atomic E-state index is 0.446. The molecule has 0 saturated carbocycles. The second kappa shape index (κ2) is 6.74. The average Bonchev–Trinajstić information content (AvgIpc) is 2.39. The fourth-order valence-corrected chi connectivity index (χ4v) is 2.29. The Bertz CT molecular complexity index is 519. The van der Waals surface area contributed by atoms with Crippen LogP contribution in [0.25, 0.3) is 0 Å². The summed E-state index contributed by atoms with van der Waals surface area (Å²) in [7, 11) is 0. The zero-order valence-corrected chi connectivity index (χ0v) is 12.2. The van der Waals surface area contributed by atoms with E-state index in [2.05, 4.69) is 55.6 Å². The summed E-state index contributed by atoms with van der Waals surface area (Å²) in [5, 5.41) is 4.35. The summed E-state index contributed by atoms with van der Waals surface area (Å²) in [6, 6.07) is 17.1. The summed E-state index contributed by atoms with van der Waals surface area (Å²) < 4.78 is 0. The Kier molecular flexibility index (Phi) is 5.00. The first kappa shape index (κ1) is 14.1. The molecule has 1 unspecified atom stereocenters. The third-order valence-corrected chi connectivity index (χ3v) is 3.44. The van der Waals surface area contributed by atoms with Crippen LogP contribution in [0.1, 0.15) is 23.6 Å². The topological polar surface area (TPSA) is 12.0 Å². The van der Waals surface area contributed by atoms with Gasteiger partial charge >= 0.3 is 0 Å². The number of benzene rings is 2. The SMILES string of the molecule is Cc1cccc(CNC(C)Cc2ccc(Cl)cc2)c1. The van der Waals surface area contributed by atoms with E-state index < -0.39 is 0 Å². The van der Waals surface area contributed by atoms with E-state index in [4.69, 9.17) is 11.6 Å². The lowest BCUT2D eigenvalue weighted by atomic mass is 10.1. The van der Waals surface area contributed by atoms with Crippen molar-refractivity contribution in [2.45, 2.75) is 32.9 Å². The molecule has 0 spiro atoms. The van der Waals surface area contributed by atoms with Crippen molar-refractivity contribution >= 4 is 11.6 Å². The first-order valence-electron chi connectivity index (χ1n) is 6.67. The summed E-state index contributed by atoms with van der Waals surface area (Å²) in [6.45, 7) is 5.25. The molecule has 2 aromatic rings. The van der Waals surface area contributed by atoms with Gasteiger partial charge in [-0.1, -0.05) is 53.6 Å². The predicted molar refractivity (Wildman–Crippen MR) is 82.6 cm³/mol. The fraction of sp³-hybridized carbons (Fsp3) is 0.294. The molecule has 1 N–H and O–H groups in total. The zero-order valence-electron chi connectivity index (χ0n) is 11.5. The summed E-state index contributed by atoms with van der Waals surface area (Å²) in [6.07, 6.45) is 1.02. The van der Waals surface area contributed by atoms with Crippen LogP contribution >= 0.6 is 11.6 Å². The maximum Gasteiger partial charge on any atom is 0.0406 e. The molecule has 0 aliphatic heterocycles. The number of hydrogen-bond acceptors (Lipinski definition) is 1. The fourth-order valence-electron chi connectivity index (χ4n) is 2.16. The molecule has 0 heterocycles. The van der Waals surface area contributed by atoms with Crippen LogP contribution in [0.2, 0.25) is 5.02 Å². The van der Waals surface area contributed by atoms with Gasteiger partial charge < -0.3 is 5.32 Å². The highest BCUT2D eigenvalue weighted by Crippen LogP contribution is 2.11. The standard InChI is InChI=1S/C17H20ClN/c1-13-4-3-5-16(10-13)12-19-14(2)11-15-6-8-17(18)9-7-15/h3-10,14,19H,11-12H2,1-2H3. The van der Waals surface area contributed by atoms with Crippen molar-refractivity contribution in [1.82, 2.24) is 5.32 Å². The molecule has 0 aliphatic rings. The van der Waals surface area contributed by atoms with Crippen LogP contribution in [-0.4, -0.2) is 6.04 Å². The van der Waals surface area contributed by atoms with Crippen molar-refractivity contribution in [3.8, 4) is 0 Å². The molecule has 0 bridgehead atoms. The summed E-state index contributed by atoms with van der Waals surface area (Å²) in [5.41, 5.74) is 3.96. The van der Waals surface area contributed by atoms with Gasteiger partial charge in [-0.3, -0.25) is 0 Å². The molecule has 2 aromatic carbocycles. The average molecular weight is 274 g/mol. The van der Waals surface area contributed by atoms with Gasteiger partial charge in [0.1, 0.15) is 0 Å². The van der Waals surface area contributed by atoms with Crippen molar-refractivity contribution in [3.05, 3.63) is 70.2 Å². The maximum atomic E-state index is 5.89. The molecule has 1 nitrogen and oxygen atoms in total. The lowest BCUT2D eigenvalue weighted by Gasteiger charge is -2.14. The Morgan fingerprint density at radius 1 is 1.05 bits per heavy atom. The van der Waals surface area contributed by atoms with Crippen LogP contribution in [0.5, 0.6) is 0 Å². The number of rotatable bonds is 5. The van der Waals surface area contributed by atoms with Crippen LogP contribution in [0.3, 0.4) is 0 Å². The molecule has 100 valence electrons. The highest BCUT2D eigenvalue weighted by Gasteiger charge is 2.03. The van der Waals surface area contributed by atoms with Gasteiger partial charge in [0, 0.05) is 17.6 Å². The van der Waals surface area contributed by atoms with Gasteiger partial charge in [0.15, 0.2) is 0 Å². The molecule has 0 radical (unpaired) electrons. The Morgan fingerprint density at radius 2 is 1.79 bits per heavy atom. The molecule has 1 atom stereocenters. The van der Waals surface area contributed by atoms with Crippen LogP contribution < -0.4 is 5.32 Å². The highest BCUT2D eigenvalue weighted by molar-refractivity contribution is 6.30. The smallest absolute Gasteiger partial charge is 0.0406 e. The molecule has 19 heavy (non-hydrogen) atoms. The number of nitrogens with one attached hydrogen (secondary N) is 1. The molecule has 0 aromatic heterocycles. The van der Waals surface area contributed by atoms with Gasteiger partial charge in [0.25, 0.3) is 0 Å². The second-order valence-electron chi connectivity index (χ2n) is 5.10. The molecule has 2 heteroatoms. The lowest BCUT2D eigenvalue weighted by Crippen LogP contribution is -2.27. The Morgan fingerprint density at radius 3 is 2.47 bits per heavy atom. The molecular formula is C17H20ClN. The zero-order chi connectivity index (χ0) is 13.7. The van der Waals surface area contributed by atoms with Crippen molar-refractivity contribution in [2.75, 3.05) is 0 Å². The quantitative estimate of drug-likeness (QED) is 0.853. The van der Waals surface area contributed by atoms with Gasteiger partial charge in [-0.15, -0.1) is 0 Å². The van der Waals surface area contributed by atoms with Crippen LogP contribution in [0.15, 0.2) is 48.5 Å². The third-order valence-electron chi connectivity index (χ3n) is 3.19. The summed E-state index contributed by atoms with van der Waals surface area (Å²) in [4.78, 5) is 0. The lowest BCUT2D eigenvalue weighted by molar-refractivity contribution is 0.545. The van der Waals surface area contributed by atoms with Crippen molar-refractivity contribution in [3.63, 3.8) is 0 Å². The van der Waals surface area contributed by atoms with Gasteiger partial charge in [0.2, 0.25) is 0 Å². The Labute approximate surface area is 120 Å². The van der Waals surface area contributed by atoms with Gasteiger partial charge in [-0.05, 0) is 43.5 Å². The van der Waals surface area contributed by atoms with E-state index in [1.165, 1.54) is 16.7 Å². The number of halogens is 1. The predicted octanol–water partition coefficient (Wildman–Crippen LogP) is 4.37. The normalized spacial score (nSPS) is 12.4. The first-order chi connectivity index (χ1) is 9.13. The van der Waals surface area contributed by atoms with Crippen molar-refractivity contribution < 1.29 is 0 Å². The molecule has 0 fully saturated rings. The van der Waals surface area contributed by atoms with E-state index >= 15 is 0 Å². The van der Waals surface area contributed by atoms with Crippen LogP contribution in [0, 0.1) is 6.92 Å². The van der Waals surface area contributed by atoms with Crippen LogP contribution in [-0.2, 0) is 13.0 Å². The Hall–Kier alpha value is -1.31. The van der Waals surface area contributed by atoms with Gasteiger partial charge in [-0.2, -0.15) is 0 Å². The largest absolute Gasteiger partial charge is 0.310 e. The molecule has 0 amide bonds. The van der Waals surface area contributed by atoms with Gasteiger partial charge in [0.05, 0.1) is 0 Å².